The largest absolute Gasteiger partial charge is 0.317 e. The van der Waals surface area contributed by atoms with E-state index in [2.05, 4.69) is 40.2 Å². The Bertz CT molecular complexity index is 722. The average molecular weight is 348 g/mol. The number of hydrogen-bond donors (Lipinski definition) is 2. The summed E-state index contributed by atoms with van der Waals surface area (Å²) in [7, 11) is 4.06. The predicted molar refractivity (Wildman–Crippen MR) is 89.4 cm³/mol. The molecule has 2 atom stereocenters. The molecule has 0 spiro atoms. The zero-order chi connectivity index (χ0) is 17.4. The molecule has 0 aromatic carbocycles. The van der Waals surface area contributed by atoms with Crippen molar-refractivity contribution in [2.45, 2.75) is 56.9 Å². The van der Waals surface area contributed by atoms with Crippen molar-refractivity contribution in [3.05, 3.63) is 23.3 Å². The van der Waals surface area contributed by atoms with Crippen LogP contribution in [0.1, 0.15) is 60.9 Å². The molecule has 0 amide bonds. The van der Waals surface area contributed by atoms with E-state index in [1.165, 1.54) is 19.3 Å². The van der Waals surface area contributed by atoms with Crippen LogP contribution in [-0.2, 0) is 20.1 Å². The first-order chi connectivity index (χ1) is 12.1. The first-order valence-corrected chi connectivity index (χ1v) is 8.95. The molecule has 2 fully saturated rings. The summed E-state index contributed by atoms with van der Waals surface area (Å²) >= 11 is 0. The van der Waals surface area contributed by atoms with Crippen molar-refractivity contribution in [2.75, 3.05) is 13.6 Å². The fraction of sp³-hybridized carbons (Fsp3) is 0.750. The van der Waals surface area contributed by atoms with Crippen LogP contribution in [-0.4, -0.2) is 54.6 Å². The number of rotatable bonds is 6. The molecule has 25 heavy (non-hydrogen) atoms. The molecule has 9 heteroatoms. The fourth-order valence-corrected chi connectivity index (χ4v) is 3.51. The molecule has 0 radical (unpaired) electrons. The highest BCUT2D eigenvalue weighted by Crippen LogP contribution is 2.35. The highest BCUT2D eigenvalue weighted by atomic mass is 19.1. The van der Waals surface area contributed by atoms with Crippen LogP contribution in [0, 0.1) is 0 Å². The van der Waals surface area contributed by atoms with Gasteiger partial charge in [0.05, 0.1) is 19.1 Å². The van der Waals surface area contributed by atoms with Gasteiger partial charge >= 0.3 is 0 Å². The molecular weight excluding hydrogens is 323 g/mol. The van der Waals surface area contributed by atoms with E-state index < -0.39 is 6.17 Å². The molecular formula is C16H25FN8. The van der Waals surface area contributed by atoms with Gasteiger partial charge in [-0.25, -0.2) is 9.37 Å². The van der Waals surface area contributed by atoms with Gasteiger partial charge in [0.15, 0.2) is 5.82 Å². The Labute approximate surface area is 146 Å². The Balaban J connectivity index is 1.35. The number of alkyl halides is 1. The minimum atomic E-state index is -0.810. The maximum atomic E-state index is 13.3. The third-order valence-corrected chi connectivity index (χ3v) is 5.24. The minimum Gasteiger partial charge on any atom is -0.317 e. The van der Waals surface area contributed by atoms with Gasteiger partial charge in [0, 0.05) is 25.9 Å². The van der Waals surface area contributed by atoms with Gasteiger partial charge in [0.25, 0.3) is 0 Å². The van der Waals surface area contributed by atoms with Crippen LogP contribution in [0.4, 0.5) is 4.39 Å². The summed E-state index contributed by atoms with van der Waals surface area (Å²) < 4.78 is 15.4. The van der Waals surface area contributed by atoms with Crippen molar-refractivity contribution >= 4 is 0 Å². The number of H-pyrrole nitrogens is 1. The molecule has 0 bridgehead atoms. The van der Waals surface area contributed by atoms with Crippen LogP contribution >= 0.6 is 0 Å². The number of aromatic nitrogens is 6. The lowest BCUT2D eigenvalue weighted by Crippen LogP contribution is -2.21. The van der Waals surface area contributed by atoms with E-state index in [4.69, 9.17) is 0 Å². The number of hydrogen-bond acceptors (Lipinski definition) is 6. The van der Waals surface area contributed by atoms with Crippen molar-refractivity contribution < 1.29 is 4.39 Å². The first-order valence-electron chi connectivity index (χ1n) is 8.95. The van der Waals surface area contributed by atoms with E-state index in [0.717, 1.165) is 17.5 Å². The fourth-order valence-electron chi connectivity index (χ4n) is 3.51. The summed E-state index contributed by atoms with van der Waals surface area (Å²) in [6.07, 6.45) is 3.36. The number of halogens is 1. The molecule has 1 aliphatic carbocycles. The quantitative estimate of drug-likeness (QED) is 0.816. The van der Waals surface area contributed by atoms with E-state index in [9.17, 15) is 4.39 Å². The molecule has 2 aliphatic rings. The van der Waals surface area contributed by atoms with Gasteiger partial charge in [-0.3, -0.25) is 10.00 Å². The summed E-state index contributed by atoms with van der Waals surface area (Å²) in [5.74, 6) is 4.07. The van der Waals surface area contributed by atoms with Gasteiger partial charge in [0.1, 0.15) is 23.6 Å². The van der Waals surface area contributed by atoms with Crippen LogP contribution < -0.4 is 5.32 Å². The van der Waals surface area contributed by atoms with Crippen LogP contribution in [0.5, 0.6) is 0 Å². The number of nitrogens with zero attached hydrogens (tertiary/aromatic N) is 6. The summed E-state index contributed by atoms with van der Waals surface area (Å²) in [5.41, 5.74) is 0. The maximum absolute atomic E-state index is 13.3. The molecule has 2 N–H and O–H groups in total. The van der Waals surface area contributed by atoms with Crippen LogP contribution in [0.3, 0.4) is 0 Å². The lowest BCUT2D eigenvalue weighted by atomic mass is 9.85. The molecule has 0 unspecified atom stereocenters. The molecule has 2 aromatic heterocycles. The molecule has 2 aromatic rings. The molecule has 4 rings (SSSR count). The van der Waals surface area contributed by atoms with Crippen molar-refractivity contribution in [2.24, 2.45) is 7.05 Å². The second-order valence-corrected chi connectivity index (χ2v) is 7.27. The van der Waals surface area contributed by atoms with Crippen molar-refractivity contribution in [1.29, 1.82) is 0 Å². The number of aromatic amines is 1. The first kappa shape index (κ1) is 16.6. The molecule has 1 aliphatic heterocycles. The summed E-state index contributed by atoms with van der Waals surface area (Å²) in [6, 6.07) is -0.0888. The van der Waals surface area contributed by atoms with Crippen molar-refractivity contribution in [3.63, 3.8) is 0 Å². The van der Waals surface area contributed by atoms with Gasteiger partial charge in [-0.1, -0.05) is 6.42 Å². The molecule has 8 nitrogen and oxygen atoms in total. The monoisotopic (exact) mass is 348 g/mol. The second-order valence-electron chi connectivity index (χ2n) is 7.27. The Morgan fingerprint density at radius 3 is 2.80 bits per heavy atom. The third-order valence-electron chi connectivity index (χ3n) is 5.24. The molecule has 3 heterocycles. The third kappa shape index (κ3) is 3.43. The van der Waals surface area contributed by atoms with Gasteiger partial charge in [-0.2, -0.15) is 5.10 Å². The van der Waals surface area contributed by atoms with Crippen LogP contribution in [0.15, 0.2) is 0 Å². The van der Waals surface area contributed by atoms with Gasteiger partial charge in [-0.15, -0.1) is 10.2 Å². The van der Waals surface area contributed by atoms with Gasteiger partial charge in [-0.05, 0) is 19.9 Å². The van der Waals surface area contributed by atoms with E-state index in [-0.39, 0.29) is 6.04 Å². The summed E-state index contributed by atoms with van der Waals surface area (Å²) in [4.78, 5) is 6.63. The van der Waals surface area contributed by atoms with Crippen LogP contribution in [0.25, 0.3) is 0 Å². The zero-order valence-electron chi connectivity index (χ0n) is 14.7. The van der Waals surface area contributed by atoms with Crippen molar-refractivity contribution in [3.8, 4) is 0 Å². The van der Waals surface area contributed by atoms with E-state index >= 15 is 0 Å². The Hall–Kier alpha value is -1.87. The standard InChI is InChI=1S/C16H25FN8/c1-24(9-14-21-23-16(25(14)2)10-4-3-5-10)8-13-19-15(22-20-13)12-6-11(17)7-18-12/h10-12,18H,3-9H2,1-2H3,(H,19,20,22)/t11-,12+/m0/s1. The van der Waals surface area contributed by atoms with E-state index in [0.29, 0.717) is 37.8 Å². The Morgan fingerprint density at radius 2 is 2.12 bits per heavy atom. The molecule has 136 valence electrons. The highest BCUT2D eigenvalue weighted by molar-refractivity contribution is 5.05. The predicted octanol–water partition coefficient (Wildman–Crippen LogP) is 1.21. The Kier molecular flexibility index (Phi) is 4.51. The normalized spacial score (nSPS) is 24.2. The minimum absolute atomic E-state index is 0.0888. The highest BCUT2D eigenvalue weighted by Gasteiger charge is 2.28. The summed E-state index contributed by atoms with van der Waals surface area (Å²) in [6.45, 7) is 1.70. The maximum Gasteiger partial charge on any atom is 0.167 e. The smallest absolute Gasteiger partial charge is 0.167 e. The number of nitrogens with one attached hydrogen (secondary N) is 2. The van der Waals surface area contributed by atoms with Gasteiger partial charge < -0.3 is 9.88 Å². The SMILES string of the molecule is CN(Cc1nc([C@H]2C[C@H](F)CN2)n[nH]1)Cc1nnc(C2CCC2)n1C. The summed E-state index contributed by atoms with van der Waals surface area (Å²) in [5, 5.41) is 19.0. The second kappa shape index (κ2) is 6.80. The van der Waals surface area contributed by atoms with Crippen LogP contribution in [0.2, 0.25) is 0 Å². The van der Waals surface area contributed by atoms with E-state index in [1.807, 2.05) is 14.1 Å². The van der Waals surface area contributed by atoms with Crippen molar-refractivity contribution in [1.82, 2.24) is 40.2 Å². The topological polar surface area (TPSA) is 87.6 Å². The average Bonchev–Trinajstić information content (AvgIpc) is 3.22. The lowest BCUT2D eigenvalue weighted by Gasteiger charge is -2.24. The van der Waals surface area contributed by atoms with Gasteiger partial charge in [0.2, 0.25) is 0 Å². The Morgan fingerprint density at radius 1 is 1.28 bits per heavy atom. The van der Waals surface area contributed by atoms with E-state index in [1.54, 1.807) is 0 Å². The zero-order valence-corrected chi connectivity index (χ0v) is 14.7. The molecule has 1 saturated heterocycles. The lowest BCUT2D eigenvalue weighted by molar-refractivity contribution is 0.297. The molecule has 1 saturated carbocycles.